The third-order valence-electron chi connectivity index (χ3n) is 4.30. The van der Waals surface area contributed by atoms with Crippen molar-refractivity contribution < 1.29 is 18.0 Å². The molecule has 1 fully saturated rings. The van der Waals surface area contributed by atoms with Gasteiger partial charge in [-0.2, -0.15) is 18.4 Å². The number of amides is 1. The summed E-state index contributed by atoms with van der Waals surface area (Å²) in [5, 5.41) is 11.4. The molecule has 134 valence electrons. The Balaban J connectivity index is 1.92. The average molecular weight is 359 g/mol. The zero-order valence-corrected chi connectivity index (χ0v) is 13.8. The van der Waals surface area contributed by atoms with Crippen LogP contribution < -0.4 is 10.2 Å². The van der Waals surface area contributed by atoms with Crippen LogP contribution in [0.25, 0.3) is 0 Å². The standard InChI is InChI=1S/C19H16F3N3O/c20-19(21,22)15-7-8-17(25-9-1-2-10-25)16(11-15)24-18(26)14-5-3-13(12-23)4-6-14/h3-8,11H,1-2,9-10H2,(H,24,26). The minimum Gasteiger partial charge on any atom is -0.370 e. The van der Waals surface area contributed by atoms with Gasteiger partial charge in [0.2, 0.25) is 0 Å². The van der Waals surface area contributed by atoms with Gasteiger partial charge in [0.25, 0.3) is 5.91 Å². The van der Waals surface area contributed by atoms with Crippen molar-refractivity contribution in [3.05, 3.63) is 59.2 Å². The first-order chi connectivity index (χ1) is 12.4. The van der Waals surface area contributed by atoms with Crippen molar-refractivity contribution in [3.63, 3.8) is 0 Å². The van der Waals surface area contributed by atoms with Crippen LogP contribution in [0.15, 0.2) is 42.5 Å². The van der Waals surface area contributed by atoms with E-state index in [1.165, 1.54) is 30.3 Å². The average Bonchev–Trinajstić information content (AvgIpc) is 3.15. The number of alkyl halides is 3. The quantitative estimate of drug-likeness (QED) is 0.882. The SMILES string of the molecule is N#Cc1ccc(C(=O)Nc2cc(C(F)(F)F)ccc2N2CCCC2)cc1. The van der Waals surface area contributed by atoms with Crippen LogP contribution in [-0.2, 0) is 6.18 Å². The second-order valence-electron chi connectivity index (χ2n) is 6.07. The van der Waals surface area contributed by atoms with Crippen LogP contribution in [0.4, 0.5) is 24.5 Å². The monoisotopic (exact) mass is 359 g/mol. The van der Waals surface area contributed by atoms with E-state index in [9.17, 15) is 18.0 Å². The van der Waals surface area contributed by atoms with Crippen LogP contribution >= 0.6 is 0 Å². The van der Waals surface area contributed by atoms with E-state index < -0.39 is 17.6 Å². The number of carbonyl (C=O) groups excluding carboxylic acids is 1. The lowest BCUT2D eigenvalue weighted by atomic mass is 10.1. The van der Waals surface area contributed by atoms with Crippen LogP contribution in [0.2, 0.25) is 0 Å². The first kappa shape index (κ1) is 17.8. The van der Waals surface area contributed by atoms with Crippen molar-refractivity contribution >= 4 is 17.3 Å². The summed E-state index contributed by atoms with van der Waals surface area (Å²) in [5.41, 5.74) is 0.580. The predicted molar refractivity (Wildman–Crippen MR) is 92.0 cm³/mol. The van der Waals surface area contributed by atoms with E-state index in [0.717, 1.165) is 38.1 Å². The third-order valence-corrected chi connectivity index (χ3v) is 4.30. The Morgan fingerprint density at radius 1 is 1.08 bits per heavy atom. The van der Waals surface area contributed by atoms with E-state index in [0.29, 0.717) is 11.3 Å². The zero-order valence-electron chi connectivity index (χ0n) is 13.8. The fraction of sp³-hybridized carbons (Fsp3) is 0.263. The number of hydrogen-bond donors (Lipinski definition) is 1. The summed E-state index contributed by atoms with van der Waals surface area (Å²) in [6.45, 7) is 1.48. The molecule has 2 aromatic rings. The number of nitrogens with zero attached hydrogens (tertiary/aromatic N) is 2. The number of benzene rings is 2. The minimum absolute atomic E-state index is 0.135. The number of halogens is 3. The van der Waals surface area contributed by atoms with E-state index in [2.05, 4.69) is 5.32 Å². The molecule has 1 saturated heterocycles. The number of nitriles is 1. The zero-order chi connectivity index (χ0) is 18.7. The van der Waals surface area contributed by atoms with Crippen molar-refractivity contribution in [1.29, 1.82) is 5.26 Å². The summed E-state index contributed by atoms with van der Waals surface area (Å²) in [6.07, 6.45) is -2.56. The van der Waals surface area contributed by atoms with Crippen LogP contribution in [0, 0.1) is 11.3 Å². The Morgan fingerprint density at radius 2 is 1.73 bits per heavy atom. The Morgan fingerprint density at radius 3 is 2.31 bits per heavy atom. The van der Waals surface area contributed by atoms with Crippen molar-refractivity contribution in [2.75, 3.05) is 23.3 Å². The highest BCUT2D eigenvalue weighted by atomic mass is 19.4. The van der Waals surface area contributed by atoms with E-state index in [1.54, 1.807) is 0 Å². The summed E-state index contributed by atoms with van der Waals surface area (Å²) >= 11 is 0. The van der Waals surface area contributed by atoms with Gasteiger partial charge in [-0.05, 0) is 55.3 Å². The first-order valence-corrected chi connectivity index (χ1v) is 8.16. The van der Waals surface area contributed by atoms with Gasteiger partial charge in [-0.25, -0.2) is 0 Å². The molecule has 0 unspecified atom stereocenters. The van der Waals surface area contributed by atoms with Gasteiger partial charge in [0.05, 0.1) is 28.6 Å². The Bertz CT molecular complexity index is 848. The van der Waals surface area contributed by atoms with Gasteiger partial charge in [0.15, 0.2) is 0 Å². The molecular formula is C19H16F3N3O. The lowest BCUT2D eigenvalue weighted by molar-refractivity contribution is -0.137. The van der Waals surface area contributed by atoms with Gasteiger partial charge in [0, 0.05) is 18.7 Å². The minimum atomic E-state index is -4.49. The predicted octanol–water partition coefficient (Wildman–Crippen LogP) is 4.43. The van der Waals surface area contributed by atoms with Gasteiger partial charge in [-0.1, -0.05) is 0 Å². The molecule has 0 saturated carbocycles. The summed E-state index contributed by atoms with van der Waals surface area (Å²) in [4.78, 5) is 14.4. The lowest BCUT2D eigenvalue weighted by Gasteiger charge is -2.23. The molecule has 3 rings (SSSR count). The number of carbonyl (C=O) groups is 1. The van der Waals surface area contributed by atoms with Gasteiger partial charge in [-0.15, -0.1) is 0 Å². The molecule has 0 aromatic heterocycles. The highest BCUT2D eigenvalue weighted by molar-refractivity contribution is 6.06. The van der Waals surface area contributed by atoms with Crippen molar-refractivity contribution in [2.24, 2.45) is 0 Å². The molecule has 1 heterocycles. The van der Waals surface area contributed by atoms with E-state index in [-0.39, 0.29) is 11.3 Å². The molecule has 0 radical (unpaired) electrons. The molecule has 0 aliphatic carbocycles. The summed E-state index contributed by atoms with van der Waals surface area (Å²) in [7, 11) is 0. The molecule has 1 aliphatic heterocycles. The fourth-order valence-electron chi connectivity index (χ4n) is 2.94. The van der Waals surface area contributed by atoms with Gasteiger partial charge in [-0.3, -0.25) is 4.79 Å². The number of rotatable bonds is 3. The summed E-state index contributed by atoms with van der Waals surface area (Å²) in [6, 6.07) is 11.3. The molecule has 1 N–H and O–H groups in total. The normalized spacial score (nSPS) is 14.2. The highest BCUT2D eigenvalue weighted by Gasteiger charge is 2.32. The number of nitrogens with one attached hydrogen (secondary N) is 1. The maximum Gasteiger partial charge on any atom is 0.416 e. The third kappa shape index (κ3) is 3.80. The maximum atomic E-state index is 13.1. The molecule has 7 heteroatoms. The van der Waals surface area contributed by atoms with Crippen LogP contribution in [0.1, 0.15) is 34.3 Å². The topological polar surface area (TPSA) is 56.1 Å². The van der Waals surface area contributed by atoms with E-state index in [4.69, 9.17) is 5.26 Å². The largest absolute Gasteiger partial charge is 0.416 e. The molecule has 0 atom stereocenters. The second-order valence-corrected chi connectivity index (χ2v) is 6.07. The number of anilines is 2. The smallest absolute Gasteiger partial charge is 0.370 e. The van der Waals surface area contributed by atoms with E-state index >= 15 is 0 Å². The molecule has 0 spiro atoms. The molecular weight excluding hydrogens is 343 g/mol. The second kappa shape index (κ2) is 7.08. The molecule has 0 bridgehead atoms. The summed E-state index contributed by atoms with van der Waals surface area (Å²) in [5.74, 6) is -0.519. The molecule has 1 amide bonds. The van der Waals surface area contributed by atoms with Gasteiger partial charge >= 0.3 is 6.18 Å². The van der Waals surface area contributed by atoms with Gasteiger partial charge in [0.1, 0.15) is 0 Å². The van der Waals surface area contributed by atoms with Crippen molar-refractivity contribution in [1.82, 2.24) is 0 Å². The van der Waals surface area contributed by atoms with Crippen LogP contribution in [-0.4, -0.2) is 19.0 Å². The Kier molecular flexibility index (Phi) is 4.85. The van der Waals surface area contributed by atoms with E-state index in [1.807, 2.05) is 11.0 Å². The van der Waals surface area contributed by atoms with Crippen molar-refractivity contribution in [2.45, 2.75) is 19.0 Å². The number of hydrogen-bond acceptors (Lipinski definition) is 3. The Hall–Kier alpha value is -3.01. The Labute approximate surface area is 148 Å². The fourth-order valence-corrected chi connectivity index (χ4v) is 2.94. The molecule has 2 aromatic carbocycles. The van der Waals surface area contributed by atoms with Gasteiger partial charge < -0.3 is 10.2 Å². The highest BCUT2D eigenvalue weighted by Crippen LogP contribution is 2.36. The molecule has 4 nitrogen and oxygen atoms in total. The van der Waals surface area contributed by atoms with Crippen molar-refractivity contribution in [3.8, 4) is 6.07 Å². The maximum absolute atomic E-state index is 13.1. The molecule has 26 heavy (non-hydrogen) atoms. The molecule has 1 aliphatic rings. The summed E-state index contributed by atoms with van der Waals surface area (Å²) < 4.78 is 39.2. The van der Waals surface area contributed by atoms with Crippen LogP contribution in [0.3, 0.4) is 0 Å². The lowest BCUT2D eigenvalue weighted by Crippen LogP contribution is -2.22. The van der Waals surface area contributed by atoms with Crippen LogP contribution in [0.5, 0.6) is 0 Å². The first-order valence-electron chi connectivity index (χ1n) is 8.16.